The standard InChI is InChI=1S/C24H29N3O6S/c1-4-33-21-14-16(10-11-20(21)32-2)19(15-34(3,30)31)27-18-9-7-8-17(22(18)25-24(27)29)23(28)26-12-5-6-13-26/h7-11,14,19H,4-6,12-13,15H2,1-3H3,(H,25,29). The highest BCUT2D eigenvalue weighted by molar-refractivity contribution is 7.90. The first-order valence-corrected chi connectivity index (χ1v) is 13.3. The summed E-state index contributed by atoms with van der Waals surface area (Å²) in [5, 5.41) is 0. The van der Waals surface area contributed by atoms with Gasteiger partial charge in [0.2, 0.25) is 0 Å². The maximum absolute atomic E-state index is 13.2. The number of benzene rings is 2. The van der Waals surface area contributed by atoms with Crippen molar-refractivity contribution in [3.63, 3.8) is 0 Å². The zero-order chi connectivity index (χ0) is 24.5. The SMILES string of the molecule is CCOc1cc(C(CS(C)(=O)=O)n2c(=O)[nH]c3c(C(=O)N4CCCC4)cccc32)ccc1OC. The second kappa shape index (κ2) is 9.54. The highest BCUT2D eigenvalue weighted by atomic mass is 32.2. The number of aromatic amines is 1. The number of fused-ring (bicyclic) bond motifs is 1. The zero-order valence-corrected chi connectivity index (χ0v) is 20.4. The van der Waals surface area contributed by atoms with Crippen LogP contribution in [0.2, 0.25) is 0 Å². The van der Waals surface area contributed by atoms with Gasteiger partial charge in [-0.05, 0) is 49.6 Å². The first-order valence-electron chi connectivity index (χ1n) is 11.2. The van der Waals surface area contributed by atoms with E-state index in [0.29, 0.717) is 53.4 Å². The van der Waals surface area contributed by atoms with Crippen molar-refractivity contribution < 1.29 is 22.7 Å². The molecule has 1 amide bonds. The van der Waals surface area contributed by atoms with Gasteiger partial charge in [0.1, 0.15) is 9.84 Å². The largest absolute Gasteiger partial charge is 0.493 e. The number of sulfone groups is 1. The van der Waals surface area contributed by atoms with Crippen LogP contribution in [0.1, 0.15) is 41.7 Å². The third kappa shape index (κ3) is 4.68. The number of rotatable bonds is 8. The lowest BCUT2D eigenvalue weighted by Gasteiger charge is -2.21. The molecular weight excluding hydrogens is 458 g/mol. The van der Waals surface area contributed by atoms with E-state index in [1.807, 2.05) is 6.92 Å². The van der Waals surface area contributed by atoms with E-state index in [0.717, 1.165) is 19.1 Å². The van der Waals surface area contributed by atoms with Crippen LogP contribution >= 0.6 is 0 Å². The van der Waals surface area contributed by atoms with Gasteiger partial charge in [-0.2, -0.15) is 0 Å². The number of amides is 1. The van der Waals surface area contributed by atoms with Gasteiger partial charge >= 0.3 is 5.69 Å². The second-order valence-corrected chi connectivity index (χ2v) is 10.6. The van der Waals surface area contributed by atoms with Gasteiger partial charge in [-0.3, -0.25) is 9.36 Å². The number of likely N-dealkylation sites (tertiary alicyclic amines) is 1. The molecule has 4 rings (SSSR count). The van der Waals surface area contributed by atoms with Gasteiger partial charge in [-0.15, -0.1) is 0 Å². The Labute approximate surface area is 198 Å². The summed E-state index contributed by atoms with van der Waals surface area (Å²) in [6, 6.07) is 9.40. The summed E-state index contributed by atoms with van der Waals surface area (Å²) in [6.07, 6.45) is 3.04. The molecule has 0 aliphatic carbocycles. The number of imidazole rings is 1. The minimum atomic E-state index is -3.48. The van der Waals surface area contributed by atoms with E-state index in [9.17, 15) is 18.0 Å². The lowest BCUT2D eigenvalue weighted by Crippen LogP contribution is -2.28. The van der Waals surface area contributed by atoms with Crippen molar-refractivity contribution in [2.45, 2.75) is 25.8 Å². The van der Waals surface area contributed by atoms with Gasteiger partial charge in [0, 0.05) is 19.3 Å². The quantitative estimate of drug-likeness (QED) is 0.523. The molecule has 0 radical (unpaired) electrons. The summed E-state index contributed by atoms with van der Waals surface area (Å²) in [4.78, 5) is 30.9. The molecule has 1 N–H and O–H groups in total. The number of methoxy groups -OCH3 is 1. The molecule has 0 spiro atoms. The lowest BCUT2D eigenvalue weighted by molar-refractivity contribution is 0.0794. The summed E-state index contributed by atoms with van der Waals surface area (Å²) in [7, 11) is -1.96. The molecule has 1 saturated heterocycles. The summed E-state index contributed by atoms with van der Waals surface area (Å²) in [6.45, 7) is 3.60. The topological polar surface area (TPSA) is 111 Å². The van der Waals surface area contributed by atoms with Crippen LogP contribution in [-0.4, -0.2) is 67.6 Å². The highest BCUT2D eigenvalue weighted by Gasteiger charge is 2.27. The molecule has 34 heavy (non-hydrogen) atoms. The third-order valence-corrected chi connectivity index (χ3v) is 6.94. The van der Waals surface area contributed by atoms with Crippen molar-refractivity contribution in [3.8, 4) is 11.5 Å². The molecule has 2 heterocycles. The van der Waals surface area contributed by atoms with Gasteiger partial charge in [0.05, 0.1) is 42.1 Å². The van der Waals surface area contributed by atoms with Crippen molar-refractivity contribution in [1.82, 2.24) is 14.5 Å². The fourth-order valence-corrected chi connectivity index (χ4v) is 5.42. The van der Waals surface area contributed by atoms with Crippen LogP contribution in [0.15, 0.2) is 41.2 Å². The minimum Gasteiger partial charge on any atom is -0.493 e. The molecule has 10 heteroatoms. The summed E-state index contributed by atoms with van der Waals surface area (Å²) in [5.74, 6) is 0.522. The molecule has 3 aromatic rings. The lowest BCUT2D eigenvalue weighted by atomic mass is 10.1. The number of carbonyl (C=O) groups excluding carboxylic acids is 1. The molecule has 0 bridgehead atoms. The number of ether oxygens (including phenoxy) is 2. The second-order valence-electron chi connectivity index (χ2n) is 8.45. The van der Waals surface area contributed by atoms with Crippen LogP contribution in [0.25, 0.3) is 11.0 Å². The zero-order valence-electron chi connectivity index (χ0n) is 19.5. The minimum absolute atomic E-state index is 0.140. The van der Waals surface area contributed by atoms with Gasteiger partial charge in [0.15, 0.2) is 11.5 Å². The normalized spacial score (nSPS) is 15.0. The predicted molar refractivity (Wildman–Crippen MR) is 130 cm³/mol. The fourth-order valence-electron chi connectivity index (χ4n) is 4.50. The number of para-hydroxylation sites is 1. The Kier molecular flexibility index (Phi) is 6.70. The molecule has 1 aliphatic heterocycles. The van der Waals surface area contributed by atoms with Gasteiger partial charge in [-0.25, -0.2) is 13.2 Å². The number of hydrogen-bond acceptors (Lipinski definition) is 6. The monoisotopic (exact) mass is 487 g/mol. The fraction of sp³-hybridized carbons (Fsp3) is 0.417. The van der Waals surface area contributed by atoms with E-state index < -0.39 is 21.6 Å². The van der Waals surface area contributed by atoms with Crippen LogP contribution in [-0.2, 0) is 9.84 Å². The average molecular weight is 488 g/mol. The van der Waals surface area contributed by atoms with Crippen molar-refractivity contribution in [2.24, 2.45) is 0 Å². The maximum atomic E-state index is 13.2. The number of H-pyrrole nitrogens is 1. The number of nitrogens with one attached hydrogen (secondary N) is 1. The molecule has 1 atom stereocenters. The maximum Gasteiger partial charge on any atom is 0.327 e. The number of hydrogen-bond donors (Lipinski definition) is 1. The van der Waals surface area contributed by atoms with Gasteiger partial charge in [0.25, 0.3) is 5.91 Å². The summed E-state index contributed by atoms with van der Waals surface area (Å²) in [5.41, 5.74) is 1.37. The van der Waals surface area contributed by atoms with Gasteiger partial charge in [-0.1, -0.05) is 12.1 Å². The van der Waals surface area contributed by atoms with E-state index in [2.05, 4.69) is 4.98 Å². The molecule has 1 fully saturated rings. The summed E-state index contributed by atoms with van der Waals surface area (Å²) < 4.78 is 37.2. The van der Waals surface area contributed by atoms with Gasteiger partial charge < -0.3 is 19.4 Å². The van der Waals surface area contributed by atoms with E-state index in [4.69, 9.17) is 9.47 Å². The Hall–Kier alpha value is -3.27. The first-order chi connectivity index (χ1) is 16.2. The number of aromatic nitrogens is 2. The number of carbonyl (C=O) groups is 1. The third-order valence-electron chi connectivity index (χ3n) is 6.02. The smallest absolute Gasteiger partial charge is 0.327 e. The van der Waals surface area contributed by atoms with E-state index in [1.54, 1.807) is 41.3 Å². The van der Waals surface area contributed by atoms with E-state index >= 15 is 0 Å². The van der Waals surface area contributed by atoms with Crippen molar-refractivity contribution in [3.05, 3.63) is 58.0 Å². The van der Waals surface area contributed by atoms with E-state index in [-0.39, 0.29) is 11.7 Å². The molecule has 1 unspecified atom stereocenters. The summed E-state index contributed by atoms with van der Waals surface area (Å²) >= 11 is 0. The highest BCUT2D eigenvalue weighted by Crippen LogP contribution is 2.33. The Balaban J connectivity index is 1.88. The Bertz CT molecular complexity index is 1370. The Morgan fingerprint density at radius 3 is 2.53 bits per heavy atom. The van der Waals surface area contributed by atoms with E-state index in [1.165, 1.54) is 11.7 Å². The van der Waals surface area contributed by atoms with Crippen molar-refractivity contribution in [1.29, 1.82) is 0 Å². The molecule has 2 aromatic carbocycles. The van der Waals surface area contributed by atoms with Crippen LogP contribution < -0.4 is 15.2 Å². The molecular formula is C24H29N3O6S. The van der Waals surface area contributed by atoms with Crippen LogP contribution in [0.3, 0.4) is 0 Å². The molecule has 182 valence electrons. The Morgan fingerprint density at radius 1 is 1.15 bits per heavy atom. The number of nitrogens with zero attached hydrogens (tertiary/aromatic N) is 2. The van der Waals surface area contributed by atoms with Crippen LogP contribution in [0.5, 0.6) is 11.5 Å². The van der Waals surface area contributed by atoms with Crippen molar-refractivity contribution in [2.75, 3.05) is 38.8 Å². The predicted octanol–water partition coefficient (Wildman–Crippen LogP) is 2.61. The molecule has 1 aliphatic rings. The van der Waals surface area contributed by atoms with Crippen LogP contribution in [0.4, 0.5) is 0 Å². The first kappa shape index (κ1) is 23.9. The molecule has 1 aromatic heterocycles. The average Bonchev–Trinajstić information content (AvgIpc) is 3.44. The van der Waals surface area contributed by atoms with Crippen LogP contribution in [0, 0.1) is 0 Å². The van der Waals surface area contributed by atoms with Crippen molar-refractivity contribution >= 4 is 26.8 Å². The Morgan fingerprint density at radius 2 is 1.88 bits per heavy atom. The molecule has 9 nitrogen and oxygen atoms in total. The molecule has 0 saturated carbocycles.